The molecule has 0 aliphatic carbocycles. The smallest absolute Gasteiger partial charge is 0.228 e. The molecule has 30 heavy (non-hydrogen) atoms. The maximum atomic E-state index is 6.76. The molecule has 0 unspecified atom stereocenters. The number of aryl methyl sites for hydroxylation is 3. The molecule has 5 rings (SSSR count). The summed E-state index contributed by atoms with van der Waals surface area (Å²) in [6.07, 6.45) is 4.16. The average molecular weight is 397 g/mol. The van der Waals surface area contributed by atoms with Crippen LogP contribution in [0.5, 0.6) is 11.5 Å². The van der Waals surface area contributed by atoms with Crippen molar-refractivity contribution in [2.75, 3.05) is 0 Å². The number of benzene rings is 3. The number of hydrogen-bond acceptors (Lipinski definition) is 1. The molecule has 0 saturated carbocycles. The van der Waals surface area contributed by atoms with E-state index in [0.29, 0.717) is 0 Å². The molecular formula is C28H30NO+. The molecule has 4 aromatic rings. The van der Waals surface area contributed by atoms with Crippen molar-refractivity contribution < 1.29 is 9.30 Å². The minimum atomic E-state index is 0.233. The molecule has 3 aromatic carbocycles. The highest BCUT2D eigenvalue weighted by Gasteiger charge is 2.32. The van der Waals surface area contributed by atoms with Crippen molar-refractivity contribution >= 4 is 21.5 Å². The third kappa shape index (κ3) is 2.81. The normalized spacial score (nSPS) is 12.9. The summed E-state index contributed by atoms with van der Waals surface area (Å²) < 4.78 is 9.02. The van der Waals surface area contributed by atoms with Gasteiger partial charge in [0.15, 0.2) is 6.20 Å². The largest absolute Gasteiger partial charge is 0.455 e. The first-order valence-corrected chi connectivity index (χ1v) is 11.0. The van der Waals surface area contributed by atoms with Gasteiger partial charge in [0, 0.05) is 11.6 Å². The second kappa shape index (κ2) is 6.57. The van der Waals surface area contributed by atoms with Gasteiger partial charge in [-0.3, -0.25) is 0 Å². The molecule has 2 heteroatoms. The maximum Gasteiger partial charge on any atom is 0.228 e. The molecule has 1 aliphatic rings. The fourth-order valence-corrected chi connectivity index (χ4v) is 5.13. The lowest BCUT2D eigenvalue weighted by molar-refractivity contribution is -0.659. The van der Waals surface area contributed by atoms with Crippen LogP contribution < -0.4 is 9.30 Å². The van der Waals surface area contributed by atoms with Crippen molar-refractivity contribution in [2.24, 2.45) is 12.5 Å². The van der Waals surface area contributed by atoms with Crippen LogP contribution in [0.1, 0.15) is 44.4 Å². The average Bonchev–Trinajstić information content (AvgIpc) is 2.69. The number of ether oxygens (including phenoxy) is 1. The van der Waals surface area contributed by atoms with E-state index in [2.05, 4.69) is 94.9 Å². The first-order chi connectivity index (χ1) is 14.3. The van der Waals surface area contributed by atoms with Crippen LogP contribution in [0.3, 0.4) is 0 Å². The Balaban J connectivity index is 1.90. The van der Waals surface area contributed by atoms with Crippen molar-refractivity contribution in [3.05, 3.63) is 65.4 Å². The zero-order valence-electron chi connectivity index (χ0n) is 18.9. The fourth-order valence-electron chi connectivity index (χ4n) is 5.13. The Morgan fingerprint density at radius 2 is 1.73 bits per heavy atom. The first-order valence-electron chi connectivity index (χ1n) is 11.0. The van der Waals surface area contributed by atoms with Crippen LogP contribution in [0.15, 0.2) is 48.7 Å². The molecule has 0 saturated heterocycles. The van der Waals surface area contributed by atoms with Crippen LogP contribution in [-0.4, -0.2) is 0 Å². The molecule has 0 bridgehead atoms. The Hall–Kier alpha value is -2.87. The SMILES string of the molecule is CCc1c2c(c(C)c3ccccc13)-c1c3c(cc(CC(C)(C)C)cc3cc[n+]1C)O2. The molecular weight excluding hydrogens is 366 g/mol. The summed E-state index contributed by atoms with van der Waals surface area (Å²) in [4.78, 5) is 0. The Morgan fingerprint density at radius 3 is 2.43 bits per heavy atom. The molecule has 1 aliphatic heterocycles. The molecule has 0 amide bonds. The van der Waals surface area contributed by atoms with Crippen LogP contribution >= 0.6 is 0 Å². The number of aromatic nitrogens is 1. The summed E-state index contributed by atoms with van der Waals surface area (Å²) >= 11 is 0. The molecule has 0 fully saturated rings. The van der Waals surface area contributed by atoms with Gasteiger partial charge in [-0.05, 0) is 58.5 Å². The van der Waals surface area contributed by atoms with E-state index in [0.717, 1.165) is 24.3 Å². The lowest BCUT2D eigenvalue weighted by atomic mass is 9.85. The number of hydrogen-bond donors (Lipinski definition) is 0. The van der Waals surface area contributed by atoms with Crippen LogP contribution in [0.25, 0.3) is 32.8 Å². The van der Waals surface area contributed by atoms with Crippen molar-refractivity contribution in [1.82, 2.24) is 0 Å². The van der Waals surface area contributed by atoms with E-state index in [1.165, 1.54) is 49.5 Å². The summed E-state index contributed by atoms with van der Waals surface area (Å²) in [6, 6.07) is 15.6. The Labute approximate surface area is 179 Å². The van der Waals surface area contributed by atoms with E-state index < -0.39 is 0 Å². The van der Waals surface area contributed by atoms with Crippen LogP contribution in [0, 0.1) is 12.3 Å². The van der Waals surface area contributed by atoms with Gasteiger partial charge in [0.05, 0.1) is 10.9 Å². The number of rotatable bonds is 2. The topological polar surface area (TPSA) is 13.1 Å². The fraction of sp³-hybridized carbons (Fsp3) is 0.321. The standard InChI is InChI=1S/C28H30NO/c1-7-20-22-11-9-8-10-21(22)17(2)24-26-25-19(12-13-29(26)6)14-18(16-28(3,4)5)15-23(25)30-27(20)24/h8-15H,7,16H2,1-6H3/q+1. The highest BCUT2D eigenvalue weighted by molar-refractivity contribution is 6.06. The Morgan fingerprint density at radius 1 is 1.00 bits per heavy atom. The molecule has 152 valence electrons. The van der Waals surface area contributed by atoms with Gasteiger partial charge < -0.3 is 4.74 Å². The van der Waals surface area contributed by atoms with Crippen molar-refractivity contribution in [1.29, 1.82) is 0 Å². The minimum absolute atomic E-state index is 0.233. The minimum Gasteiger partial charge on any atom is -0.455 e. The summed E-state index contributed by atoms with van der Waals surface area (Å²) in [5, 5.41) is 5.11. The van der Waals surface area contributed by atoms with Crippen LogP contribution in [0.2, 0.25) is 0 Å². The maximum absolute atomic E-state index is 6.76. The van der Waals surface area contributed by atoms with Crippen molar-refractivity contribution in [3.8, 4) is 22.8 Å². The van der Waals surface area contributed by atoms with Gasteiger partial charge in [-0.1, -0.05) is 58.0 Å². The zero-order chi connectivity index (χ0) is 21.2. The molecule has 0 N–H and O–H groups in total. The van der Waals surface area contributed by atoms with Gasteiger partial charge in [-0.25, -0.2) is 4.57 Å². The molecule has 0 atom stereocenters. The van der Waals surface area contributed by atoms with E-state index in [1.54, 1.807) is 0 Å². The lowest BCUT2D eigenvalue weighted by Gasteiger charge is -2.26. The predicted molar refractivity (Wildman–Crippen MR) is 125 cm³/mol. The molecule has 0 spiro atoms. The third-order valence-corrected chi connectivity index (χ3v) is 6.33. The second-order valence-corrected chi connectivity index (χ2v) is 9.88. The van der Waals surface area contributed by atoms with E-state index in [9.17, 15) is 0 Å². The Kier molecular flexibility index (Phi) is 4.18. The van der Waals surface area contributed by atoms with E-state index in [-0.39, 0.29) is 5.41 Å². The van der Waals surface area contributed by atoms with Gasteiger partial charge in [-0.2, -0.15) is 0 Å². The van der Waals surface area contributed by atoms with Gasteiger partial charge in [-0.15, -0.1) is 0 Å². The lowest BCUT2D eigenvalue weighted by Crippen LogP contribution is -2.32. The predicted octanol–water partition coefficient (Wildman–Crippen LogP) is 7.05. The molecule has 2 nitrogen and oxygen atoms in total. The molecule has 0 radical (unpaired) electrons. The quantitative estimate of drug-likeness (QED) is 0.291. The third-order valence-electron chi connectivity index (χ3n) is 6.33. The molecule has 2 heterocycles. The van der Waals surface area contributed by atoms with E-state index in [4.69, 9.17) is 4.74 Å². The summed E-state index contributed by atoms with van der Waals surface area (Å²) in [5.74, 6) is 2.03. The van der Waals surface area contributed by atoms with Gasteiger partial charge in [0.2, 0.25) is 5.69 Å². The van der Waals surface area contributed by atoms with Crippen molar-refractivity contribution in [2.45, 2.75) is 47.5 Å². The van der Waals surface area contributed by atoms with Gasteiger partial charge in [0.1, 0.15) is 18.5 Å². The number of pyridine rings is 1. The highest BCUT2D eigenvalue weighted by atomic mass is 16.5. The van der Waals surface area contributed by atoms with E-state index >= 15 is 0 Å². The number of nitrogens with zero attached hydrogens (tertiary/aromatic N) is 1. The van der Waals surface area contributed by atoms with Crippen LogP contribution in [0.4, 0.5) is 0 Å². The highest BCUT2D eigenvalue weighted by Crippen LogP contribution is 2.51. The Bertz CT molecular complexity index is 1320. The molecule has 1 aromatic heterocycles. The monoisotopic (exact) mass is 396 g/mol. The van der Waals surface area contributed by atoms with Crippen molar-refractivity contribution in [3.63, 3.8) is 0 Å². The zero-order valence-corrected chi connectivity index (χ0v) is 18.9. The van der Waals surface area contributed by atoms with Gasteiger partial charge >= 0.3 is 0 Å². The summed E-state index contributed by atoms with van der Waals surface area (Å²) in [7, 11) is 2.15. The summed E-state index contributed by atoms with van der Waals surface area (Å²) in [5.41, 5.74) is 6.68. The van der Waals surface area contributed by atoms with Crippen LogP contribution in [-0.2, 0) is 19.9 Å². The summed E-state index contributed by atoms with van der Waals surface area (Å²) in [6.45, 7) is 11.3. The van der Waals surface area contributed by atoms with E-state index in [1.807, 2.05) is 0 Å². The number of fused-ring (bicyclic) bond motifs is 3. The first kappa shape index (κ1) is 19.1. The second-order valence-electron chi connectivity index (χ2n) is 9.88. The van der Waals surface area contributed by atoms with Gasteiger partial charge in [0.25, 0.3) is 0 Å².